The molecular formula is C19H16Cl2N2OS. The number of halogens is 2. The van der Waals surface area contributed by atoms with Crippen molar-refractivity contribution in [2.75, 3.05) is 0 Å². The second kappa shape index (κ2) is 8.09. The minimum Gasteiger partial charge on any atom is -0.333 e. The minimum atomic E-state index is -0.382. The number of Topliss-reactive ketones (excluding diaryl/α,β-unsaturated/α-hetero) is 1. The largest absolute Gasteiger partial charge is 0.333 e. The molecule has 0 aliphatic heterocycles. The third kappa shape index (κ3) is 4.09. The van der Waals surface area contributed by atoms with Crippen LogP contribution in [0.1, 0.15) is 27.7 Å². The number of ketones is 1. The van der Waals surface area contributed by atoms with E-state index in [-0.39, 0.29) is 11.7 Å². The van der Waals surface area contributed by atoms with E-state index in [1.54, 1.807) is 24.4 Å². The number of carbonyl (C=O) groups excluding carboxylic acids is 1. The summed E-state index contributed by atoms with van der Waals surface area (Å²) >= 11 is 16.5. The van der Waals surface area contributed by atoms with Gasteiger partial charge in [0.25, 0.3) is 0 Å². The van der Waals surface area contributed by atoms with Crippen molar-refractivity contribution in [2.45, 2.75) is 18.2 Å². The molecule has 3 rings (SSSR count). The molecule has 3 nitrogen and oxygen atoms in total. The highest BCUT2D eigenvalue weighted by Crippen LogP contribution is 2.29. The van der Waals surface area contributed by atoms with Crippen LogP contribution in [0.15, 0.2) is 60.9 Å². The lowest BCUT2D eigenvalue weighted by Crippen LogP contribution is -2.20. The van der Waals surface area contributed by atoms with Crippen molar-refractivity contribution in [1.82, 2.24) is 9.55 Å². The molecule has 2 aromatic carbocycles. The van der Waals surface area contributed by atoms with Gasteiger partial charge in [-0.1, -0.05) is 53.5 Å². The molecule has 0 saturated carbocycles. The van der Waals surface area contributed by atoms with Gasteiger partial charge >= 0.3 is 0 Å². The molecule has 1 aromatic heterocycles. The van der Waals surface area contributed by atoms with Crippen molar-refractivity contribution in [2.24, 2.45) is 0 Å². The molecule has 1 unspecified atom stereocenters. The molecule has 25 heavy (non-hydrogen) atoms. The molecule has 0 bridgehead atoms. The second-order valence-electron chi connectivity index (χ2n) is 5.61. The molecule has 0 saturated heterocycles. The van der Waals surface area contributed by atoms with E-state index in [0.717, 1.165) is 11.4 Å². The summed E-state index contributed by atoms with van der Waals surface area (Å²) in [5.74, 6) is 0.892. The maximum absolute atomic E-state index is 13.2. The molecule has 0 aliphatic carbocycles. The summed E-state index contributed by atoms with van der Waals surface area (Å²) in [6.45, 7) is 0.470. The summed E-state index contributed by atoms with van der Waals surface area (Å²) in [5.41, 5.74) is 1.39. The summed E-state index contributed by atoms with van der Waals surface area (Å²) in [7, 11) is 0. The Labute approximate surface area is 162 Å². The molecule has 0 radical (unpaired) electrons. The van der Waals surface area contributed by atoms with E-state index in [9.17, 15) is 4.79 Å². The molecule has 128 valence electrons. The molecule has 0 amide bonds. The summed E-state index contributed by atoms with van der Waals surface area (Å²) in [5, 5.41) is 0.864. The van der Waals surface area contributed by atoms with E-state index in [4.69, 9.17) is 23.2 Å². The number of imidazole rings is 1. The van der Waals surface area contributed by atoms with E-state index in [2.05, 4.69) is 17.6 Å². The summed E-state index contributed by atoms with van der Waals surface area (Å²) in [4.78, 5) is 17.5. The predicted octanol–water partition coefficient (Wildman–Crippen LogP) is 5.29. The highest BCUT2D eigenvalue weighted by molar-refractivity contribution is 7.79. The van der Waals surface area contributed by atoms with Gasteiger partial charge in [0.2, 0.25) is 0 Å². The Morgan fingerprint density at radius 1 is 1.16 bits per heavy atom. The summed E-state index contributed by atoms with van der Waals surface area (Å²) in [6, 6.07) is 14.6. The fourth-order valence-electron chi connectivity index (χ4n) is 2.76. The number of aromatic nitrogens is 2. The molecule has 0 fully saturated rings. The Balaban J connectivity index is 2.00. The van der Waals surface area contributed by atoms with E-state index >= 15 is 0 Å². The van der Waals surface area contributed by atoms with Crippen LogP contribution in [0.3, 0.4) is 0 Å². The van der Waals surface area contributed by atoms with Gasteiger partial charge in [-0.15, -0.1) is 0 Å². The Morgan fingerprint density at radius 2 is 1.92 bits per heavy atom. The van der Waals surface area contributed by atoms with Gasteiger partial charge in [0.15, 0.2) is 5.78 Å². The van der Waals surface area contributed by atoms with Gasteiger partial charge < -0.3 is 4.57 Å². The molecule has 0 aliphatic rings. The molecule has 1 heterocycles. The standard InChI is InChI=1S/C19H16Cl2N2OS/c20-14-6-7-15(17(21)10-14)19(24)16(13-4-2-1-3-5-13)11-23-9-8-22-18(23)12-25/h1-10,16,25H,11-12H2. The number of hydrogen-bond donors (Lipinski definition) is 1. The number of hydrogen-bond acceptors (Lipinski definition) is 3. The molecule has 0 N–H and O–H groups in total. The first-order chi connectivity index (χ1) is 12.1. The van der Waals surface area contributed by atoms with Crippen LogP contribution in [0.5, 0.6) is 0 Å². The lowest BCUT2D eigenvalue weighted by Gasteiger charge is -2.19. The Morgan fingerprint density at radius 3 is 2.60 bits per heavy atom. The van der Waals surface area contributed by atoms with Gasteiger partial charge in [-0.25, -0.2) is 4.98 Å². The predicted molar refractivity (Wildman–Crippen MR) is 105 cm³/mol. The van der Waals surface area contributed by atoms with Crippen LogP contribution in [-0.4, -0.2) is 15.3 Å². The fourth-order valence-corrected chi connectivity index (χ4v) is 3.52. The van der Waals surface area contributed by atoms with E-state index < -0.39 is 0 Å². The van der Waals surface area contributed by atoms with Gasteiger partial charge in [-0.3, -0.25) is 4.79 Å². The maximum atomic E-state index is 13.2. The van der Waals surface area contributed by atoms with Crippen LogP contribution in [0, 0.1) is 0 Å². The van der Waals surface area contributed by atoms with E-state index in [1.165, 1.54) is 0 Å². The molecule has 6 heteroatoms. The highest BCUT2D eigenvalue weighted by Gasteiger charge is 2.25. The Kier molecular flexibility index (Phi) is 5.84. The van der Waals surface area contributed by atoms with E-state index in [1.807, 2.05) is 41.1 Å². The van der Waals surface area contributed by atoms with Crippen LogP contribution >= 0.6 is 35.8 Å². The second-order valence-corrected chi connectivity index (χ2v) is 6.77. The monoisotopic (exact) mass is 390 g/mol. The number of nitrogens with zero attached hydrogens (tertiary/aromatic N) is 2. The first kappa shape index (κ1) is 18.1. The highest BCUT2D eigenvalue weighted by atomic mass is 35.5. The third-order valence-electron chi connectivity index (χ3n) is 4.04. The smallest absolute Gasteiger partial charge is 0.173 e. The van der Waals surface area contributed by atoms with Crippen molar-refractivity contribution >= 4 is 41.6 Å². The number of benzene rings is 2. The third-order valence-corrected chi connectivity index (χ3v) is 4.87. The normalized spacial score (nSPS) is 12.1. The van der Waals surface area contributed by atoms with Gasteiger partial charge in [0.05, 0.1) is 10.9 Å². The van der Waals surface area contributed by atoms with Gasteiger partial charge in [-0.05, 0) is 23.8 Å². The van der Waals surface area contributed by atoms with Gasteiger partial charge in [-0.2, -0.15) is 12.6 Å². The molecule has 3 aromatic rings. The topological polar surface area (TPSA) is 34.9 Å². The van der Waals surface area contributed by atoms with Crippen LogP contribution in [0.2, 0.25) is 10.0 Å². The average Bonchev–Trinajstić information content (AvgIpc) is 3.07. The number of rotatable bonds is 6. The number of carbonyl (C=O) groups is 1. The zero-order valence-electron chi connectivity index (χ0n) is 13.3. The fraction of sp³-hybridized carbons (Fsp3) is 0.158. The zero-order chi connectivity index (χ0) is 17.8. The van der Waals surface area contributed by atoms with Crippen molar-refractivity contribution in [3.8, 4) is 0 Å². The van der Waals surface area contributed by atoms with Gasteiger partial charge in [0, 0.05) is 35.3 Å². The summed E-state index contributed by atoms with van der Waals surface area (Å²) < 4.78 is 1.95. The first-order valence-electron chi connectivity index (χ1n) is 7.75. The van der Waals surface area contributed by atoms with Crippen molar-refractivity contribution < 1.29 is 4.79 Å². The molecule has 0 spiro atoms. The zero-order valence-corrected chi connectivity index (χ0v) is 15.7. The molecular weight excluding hydrogens is 375 g/mol. The van der Waals surface area contributed by atoms with Gasteiger partial charge in [0.1, 0.15) is 5.82 Å². The molecule has 1 atom stereocenters. The quantitative estimate of drug-likeness (QED) is 0.458. The van der Waals surface area contributed by atoms with Crippen LogP contribution in [0.4, 0.5) is 0 Å². The minimum absolute atomic E-state index is 0.0494. The van der Waals surface area contributed by atoms with Crippen LogP contribution in [0.25, 0.3) is 0 Å². The SMILES string of the molecule is O=C(c1ccc(Cl)cc1Cl)C(Cn1ccnc1CS)c1ccccc1. The van der Waals surface area contributed by atoms with Crippen LogP contribution in [-0.2, 0) is 12.3 Å². The van der Waals surface area contributed by atoms with Crippen molar-refractivity contribution in [3.63, 3.8) is 0 Å². The van der Waals surface area contributed by atoms with E-state index in [0.29, 0.717) is 27.9 Å². The Hall–Kier alpha value is -1.75. The van der Waals surface area contributed by atoms with Crippen LogP contribution < -0.4 is 0 Å². The summed E-state index contributed by atoms with van der Waals surface area (Å²) in [6.07, 6.45) is 3.57. The Bertz CT molecular complexity index is 880. The maximum Gasteiger partial charge on any atom is 0.173 e. The number of thiol groups is 1. The van der Waals surface area contributed by atoms with Crippen molar-refractivity contribution in [1.29, 1.82) is 0 Å². The first-order valence-corrected chi connectivity index (χ1v) is 9.14. The average molecular weight is 391 g/mol. The van der Waals surface area contributed by atoms with Crippen molar-refractivity contribution in [3.05, 3.63) is 87.9 Å². The lowest BCUT2D eigenvalue weighted by atomic mass is 9.90. The lowest BCUT2D eigenvalue weighted by molar-refractivity contribution is 0.0951.